The highest BCUT2D eigenvalue weighted by Gasteiger charge is 2.19. The Morgan fingerprint density at radius 1 is 1.00 bits per heavy atom. The van der Waals surface area contributed by atoms with E-state index in [0.717, 1.165) is 33.0 Å². The molecule has 1 unspecified atom stereocenters. The van der Waals surface area contributed by atoms with Gasteiger partial charge in [0, 0.05) is 30.0 Å². The van der Waals surface area contributed by atoms with Crippen molar-refractivity contribution in [2.24, 2.45) is 5.73 Å². The van der Waals surface area contributed by atoms with E-state index in [4.69, 9.17) is 10.5 Å². The minimum absolute atomic E-state index is 0.151. The molecular weight excluding hydrogens is 426 g/mol. The second-order valence-corrected chi connectivity index (χ2v) is 8.28. The minimum atomic E-state index is -0.500. The summed E-state index contributed by atoms with van der Waals surface area (Å²) in [7, 11) is 0. The van der Waals surface area contributed by atoms with Gasteiger partial charge in [0.1, 0.15) is 6.61 Å². The van der Waals surface area contributed by atoms with E-state index in [0.29, 0.717) is 11.3 Å². The first-order valence-corrected chi connectivity index (χ1v) is 11.1. The van der Waals surface area contributed by atoms with Crippen molar-refractivity contribution in [3.8, 4) is 0 Å². The Bertz CT molecular complexity index is 1330. The molecule has 1 amide bonds. The second kappa shape index (κ2) is 10.3. The maximum Gasteiger partial charge on any atom is 0.338 e. The molecule has 1 heterocycles. The molecule has 3 N–H and O–H groups in total. The van der Waals surface area contributed by atoms with Gasteiger partial charge < -0.3 is 15.8 Å². The number of carbonyl (C=O) groups is 2. The topological polar surface area (TPSA) is 94.3 Å². The van der Waals surface area contributed by atoms with Crippen LogP contribution in [0.3, 0.4) is 0 Å². The number of aryl methyl sites for hydroxylation is 1. The number of hydrogen-bond acceptors (Lipinski definition) is 5. The van der Waals surface area contributed by atoms with Crippen LogP contribution in [0, 0.1) is 13.8 Å². The molecule has 4 rings (SSSR count). The summed E-state index contributed by atoms with van der Waals surface area (Å²) in [5, 5.41) is 4.96. The molecule has 0 saturated carbocycles. The molecule has 0 aliphatic heterocycles. The van der Waals surface area contributed by atoms with E-state index >= 15 is 0 Å². The van der Waals surface area contributed by atoms with Crippen LogP contribution in [0.15, 0.2) is 79.1 Å². The summed E-state index contributed by atoms with van der Waals surface area (Å²) in [4.78, 5) is 29.5. The monoisotopic (exact) mass is 453 g/mol. The lowest BCUT2D eigenvalue weighted by atomic mass is 9.97. The lowest BCUT2D eigenvalue weighted by Crippen LogP contribution is -2.27. The zero-order chi connectivity index (χ0) is 24.1. The maximum absolute atomic E-state index is 12.9. The molecule has 0 bridgehead atoms. The van der Waals surface area contributed by atoms with E-state index in [-0.39, 0.29) is 25.0 Å². The summed E-state index contributed by atoms with van der Waals surface area (Å²) in [5.74, 6) is -1.03. The molecule has 1 aromatic heterocycles. The number of nitrogens with two attached hydrogens (primary N) is 1. The highest BCUT2D eigenvalue weighted by Crippen LogP contribution is 2.22. The van der Waals surface area contributed by atoms with Crippen molar-refractivity contribution >= 4 is 28.3 Å². The van der Waals surface area contributed by atoms with Crippen molar-refractivity contribution in [1.82, 2.24) is 4.98 Å². The number of carbonyl (C=O) groups excluding carboxylic acids is 2. The van der Waals surface area contributed by atoms with Crippen LogP contribution in [0.4, 0.5) is 5.69 Å². The third-order valence-corrected chi connectivity index (χ3v) is 6.04. The third kappa shape index (κ3) is 5.13. The Morgan fingerprint density at radius 3 is 2.56 bits per heavy atom. The Morgan fingerprint density at radius 2 is 1.79 bits per heavy atom. The summed E-state index contributed by atoms with van der Waals surface area (Å²) in [6.07, 6.45) is 3.50. The largest absolute Gasteiger partial charge is 0.457 e. The van der Waals surface area contributed by atoms with E-state index in [1.165, 1.54) is 0 Å². The highest BCUT2D eigenvalue weighted by molar-refractivity contribution is 5.98. The van der Waals surface area contributed by atoms with E-state index in [1.54, 1.807) is 18.5 Å². The predicted molar refractivity (Wildman–Crippen MR) is 134 cm³/mol. The standard InChI is InChI=1S/C28H27N3O3/c1-18-4-3-5-25(19(18)2)28(33)34-17-20-6-8-21(9-7-20)26(15-29)27(32)31-24-11-10-23-16-30-13-12-22(23)14-24/h3-14,16,26H,15,17,29H2,1-2H3,(H,31,32). The molecule has 4 aromatic rings. The smallest absolute Gasteiger partial charge is 0.338 e. The van der Waals surface area contributed by atoms with Gasteiger partial charge in [0.05, 0.1) is 11.5 Å². The van der Waals surface area contributed by atoms with Gasteiger partial charge in [-0.3, -0.25) is 9.78 Å². The van der Waals surface area contributed by atoms with Crippen LogP contribution >= 0.6 is 0 Å². The molecule has 0 aliphatic rings. The number of rotatable bonds is 7. The van der Waals surface area contributed by atoms with Gasteiger partial charge in [0.15, 0.2) is 0 Å². The molecule has 0 aliphatic carbocycles. The zero-order valence-corrected chi connectivity index (χ0v) is 19.2. The van der Waals surface area contributed by atoms with Crippen LogP contribution in [-0.4, -0.2) is 23.4 Å². The van der Waals surface area contributed by atoms with Gasteiger partial charge in [0.25, 0.3) is 0 Å². The van der Waals surface area contributed by atoms with Crippen molar-refractivity contribution in [3.05, 3.63) is 107 Å². The first-order valence-electron chi connectivity index (χ1n) is 11.1. The average molecular weight is 454 g/mol. The number of amides is 1. The van der Waals surface area contributed by atoms with Gasteiger partial charge >= 0.3 is 5.97 Å². The van der Waals surface area contributed by atoms with E-state index in [2.05, 4.69) is 10.3 Å². The molecule has 34 heavy (non-hydrogen) atoms. The highest BCUT2D eigenvalue weighted by atomic mass is 16.5. The molecule has 1 atom stereocenters. The lowest BCUT2D eigenvalue weighted by Gasteiger charge is -2.16. The zero-order valence-electron chi connectivity index (χ0n) is 19.2. The van der Waals surface area contributed by atoms with Crippen LogP contribution < -0.4 is 11.1 Å². The average Bonchev–Trinajstić information content (AvgIpc) is 2.85. The number of aromatic nitrogens is 1. The fraction of sp³-hybridized carbons (Fsp3) is 0.179. The van der Waals surface area contributed by atoms with Gasteiger partial charge in [-0.25, -0.2) is 4.79 Å². The molecule has 0 spiro atoms. The molecule has 0 radical (unpaired) electrons. The van der Waals surface area contributed by atoms with E-state index < -0.39 is 5.92 Å². The Kier molecular flexibility index (Phi) is 6.99. The summed E-state index contributed by atoms with van der Waals surface area (Å²) in [5.41, 5.74) is 10.8. The first-order chi connectivity index (χ1) is 16.5. The van der Waals surface area contributed by atoms with Crippen LogP contribution in [0.25, 0.3) is 10.8 Å². The SMILES string of the molecule is Cc1cccc(C(=O)OCc2ccc(C(CN)C(=O)Nc3ccc4cnccc4c3)cc2)c1C. The quantitative estimate of drug-likeness (QED) is 0.389. The first kappa shape index (κ1) is 23.1. The number of anilines is 1. The molecule has 6 heteroatoms. The molecule has 6 nitrogen and oxygen atoms in total. The number of nitrogens with one attached hydrogen (secondary N) is 1. The molecule has 0 saturated heterocycles. The van der Waals surface area contributed by atoms with Gasteiger partial charge in [-0.1, -0.05) is 42.5 Å². The fourth-order valence-electron chi connectivity index (χ4n) is 3.83. The third-order valence-electron chi connectivity index (χ3n) is 6.04. The van der Waals surface area contributed by atoms with Gasteiger partial charge in [-0.2, -0.15) is 0 Å². The van der Waals surface area contributed by atoms with Crippen LogP contribution in [-0.2, 0) is 16.1 Å². The van der Waals surface area contributed by atoms with Crippen LogP contribution in [0.1, 0.15) is 38.5 Å². The fourth-order valence-corrected chi connectivity index (χ4v) is 3.83. The Labute approximate surface area is 198 Å². The maximum atomic E-state index is 12.9. The van der Waals surface area contributed by atoms with Gasteiger partial charge in [-0.15, -0.1) is 0 Å². The summed E-state index contributed by atoms with van der Waals surface area (Å²) < 4.78 is 5.49. The number of hydrogen-bond donors (Lipinski definition) is 2. The molecular formula is C28H27N3O3. The van der Waals surface area contributed by atoms with Crippen LogP contribution in [0.5, 0.6) is 0 Å². The van der Waals surface area contributed by atoms with Gasteiger partial charge in [-0.05, 0) is 65.8 Å². The van der Waals surface area contributed by atoms with Crippen molar-refractivity contribution in [1.29, 1.82) is 0 Å². The second-order valence-electron chi connectivity index (χ2n) is 8.28. The van der Waals surface area contributed by atoms with Crippen molar-refractivity contribution in [2.75, 3.05) is 11.9 Å². The van der Waals surface area contributed by atoms with Crippen LogP contribution in [0.2, 0.25) is 0 Å². The predicted octanol–water partition coefficient (Wildman–Crippen LogP) is 4.89. The number of pyridine rings is 1. The lowest BCUT2D eigenvalue weighted by molar-refractivity contribution is -0.117. The number of nitrogens with zero attached hydrogens (tertiary/aromatic N) is 1. The molecule has 172 valence electrons. The molecule has 0 fully saturated rings. The van der Waals surface area contributed by atoms with Crippen molar-refractivity contribution in [3.63, 3.8) is 0 Å². The van der Waals surface area contributed by atoms with Crippen molar-refractivity contribution < 1.29 is 14.3 Å². The number of esters is 1. The number of ether oxygens (including phenoxy) is 1. The van der Waals surface area contributed by atoms with E-state index in [1.807, 2.05) is 74.5 Å². The number of fused-ring (bicyclic) bond motifs is 1. The number of benzene rings is 3. The van der Waals surface area contributed by atoms with Crippen molar-refractivity contribution in [2.45, 2.75) is 26.4 Å². The Hall–Kier alpha value is -4.03. The normalized spacial score (nSPS) is 11.7. The summed E-state index contributed by atoms with van der Waals surface area (Å²) in [6.45, 7) is 4.20. The van der Waals surface area contributed by atoms with Gasteiger partial charge in [0.2, 0.25) is 5.91 Å². The molecule has 3 aromatic carbocycles. The Balaban J connectivity index is 1.40. The summed E-state index contributed by atoms with van der Waals surface area (Å²) in [6, 6.07) is 20.6. The van der Waals surface area contributed by atoms with E-state index in [9.17, 15) is 9.59 Å². The summed E-state index contributed by atoms with van der Waals surface area (Å²) >= 11 is 0. The minimum Gasteiger partial charge on any atom is -0.457 e.